The topological polar surface area (TPSA) is 43.1 Å². The number of nitrogens with two attached hydrogens (primary N) is 1. The maximum Gasteiger partial charge on any atom is 0.133 e. The Morgan fingerprint density at radius 3 is 1.33 bits per heavy atom. The van der Waals surface area contributed by atoms with Crippen LogP contribution in [0.15, 0.2) is 0 Å². The van der Waals surface area contributed by atoms with E-state index in [2.05, 4.69) is 5.73 Å². The Morgan fingerprint density at radius 1 is 1.08 bits per heavy atom. The second kappa shape index (κ2) is 16.9. The van der Waals surface area contributed by atoms with Crippen LogP contribution < -0.4 is 5.73 Å². The van der Waals surface area contributed by atoms with E-state index in [0.717, 1.165) is 0 Å². The van der Waals surface area contributed by atoms with Gasteiger partial charge >= 0.3 is 0 Å². The van der Waals surface area contributed by atoms with Crippen LogP contribution in [0, 0.1) is 0 Å². The lowest BCUT2D eigenvalue weighted by Gasteiger charge is -2.05. The molecule has 0 atom stereocenters. The number of hydrogen-bond donors (Lipinski definition) is 1. The lowest BCUT2D eigenvalue weighted by atomic mass is 10.0. The molecule has 0 radical (unpaired) electrons. The van der Waals surface area contributed by atoms with E-state index in [1.807, 2.05) is 13.8 Å². The van der Waals surface area contributed by atoms with Gasteiger partial charge in [-0.3, -0.25) is 0 Å². The summed E-state index contributed by atoms with van der Waals surface area (Å²) in [4.78, 5) is 9.05. The lowest BCUT2D eigenvalue weighted by Crippen LogP contribution is -1.97. The summed E-state index contributed by atoms with van der Waals surface area (Å²) < 4.78 is 0. The van der Waals surface area contributed by atoms with Crippen molar-refractivity contribution < 1.29 is 6.22 Å². The van der Waals surface area contributed by atoms with Crippen molar-refractivity contribution in [2.45, 2.75) is 52.4 Å². The van der Waals surface area contributed by atoms with Gasteiger partial charge in [-0.15, -0.1) is 0 Å². The van der Waals surface area contributed by atoms with Crippen LogP contribution in [0.2, 0.25) is 0 Å². The van der Waals surface area contributed by atoms with Crippen molar-refractivity contribution in [2.75, 3.05) is 6.54 Å². The highest BCUT2D eigenvalue weighted by atomic mass is 16.1. The van der Waals surface area contributed by atoms with Gasteiger partial charge in [-0.25, -0.2) is 0 Å². The smallest absolute Gasteiger partial charge is 0.133 e. The fraction of sp³-hybridized carbons (Fsp3) is 0.900. The molecule has 1 rings (SSSR count). The molecule has 0 spiro atoms. The zero-order valence-corrected chi connectivity index (χ0v) is 8.51. The van der Waals surface area contributed by atoms with Crippen molar-refractivity contribution in [3.8, 4) is 0 Å². The molecule has 1 saturated carbocycles. The zero-order valence-electron chi connectivity index (χ0n) is 8.51. The van der Waals surface area contributed by atoms with Crippen LogP contribution in [0.4, 0.5) is 0 Å². The Kier molecular flexibility index (Phi) is 20.0. The van der Waals surface area contributed by atoms with Gasteiger partial charge in [-0.1, -0.05) is 52.4 Å². The second-order valence-electron chi connectivity index (χ2n) is 2.52. The number of carbonyl (C=O) groups excluding carboxylic acids is 1. The molecule has 0 aromatic heterocycles. The average molecular weight is 175 g/mol. The minimum atomic E-state index is 0. The van der Waals surface area contributed by atoms with Gasteiger partial charge in [0.1, 0.15) is 6.29 Å². The highest BCUT2D eigenvalue weighted by molar-refractivity contribution is 5.51. The van der Waals surface area contributed by atoms with Gasteiger partial charge in [0.25, 0.3) is 0 Å². The molecule has 0 bridgehead atoms. The number of rotatable bonds is 1. The minimum absolute atomic E-state index is 0. The van der Waals surface area contributed by atoms with Gasteiger partial charge in [0.2, 0.25) is 0 Å². The van der Waals surface area contributed by atoms with Gasteiger partial charge < -0.3 is 10.5 Å². The Morgan fingerprint density at radius 2 is 1.25 bits per heavy atom. The van der Waals surface area contributed by atoms with E-state index < -0.39 is 0 Å². The predicted octanol–water partition coefficient (Wildman–Crippen LogP) is 2.76. The number of hydrogen-bond acceptors (Lipinski definition) is 2. The maximum absolute atomic E-state index is 9.05. The van der Waals surface area contributed by atoms with Crippen LogP contribution in [0.5, 0.6) is 0 Å². The molecule has 0 amide bonds. The van der Waals surface area contributed by atoms with E-state index in [-0.39, 0.29) is 7.97 Å². The molecule has 0 heterocycles. The average Bonchev–Trinajstić information content (AvgIpc) is 2.24. The van der Waals surface area contributed by atoms with E-state index in [9.17, 15) is 0 Å². The standard InChI is InChI=1S/C6H12.C2H5NO.C2H6.H2/c1-2-4-6-5-3-1;3-1-2-4;1-2;/h1-6H2;2H,1,3H2;1-2H3;1H. The molecule has 1 aliphatic carbocycles. The van der Waals surface area contributed by atoms with Crippen LogP contribution in [0.25, 0.3) is 0 Å². The molecule has 2 heteroatoms. The summed E-state index contributed by atoms with van der Waals surface area (Å²) >= 11 is 0. The van der Waals surface area contributed by atoms with Crippen molar-refractivity contribution in [1.29, 1.82) is 0 Å². The monoisotopic (exact) mass is 175 g/mol. The van der Waals surface area contributed by atoms with Gasteiger partial charge in [-0.05, 0) is 0 Å². The quantitative estimate of drug-likeness (QED) is 0.623. The molecule has 0 aliphatic heterocycles. The van der Waals surface area contributed by atoms with E-state index in [1.54, 1.807) is 0 Å². The normalized spacial score (nSPS) is 14.6. The summed E-state index contributed by atoms with van der Waals surface area (Å²) in [6, 6.07) is 0. The summed E-state index contributed by atoms with van der Waals surface area (Å²) in [5, 5.41) is 0. The first-order valence-electron chi connectivity index (χ1n) is 5.05. The molecule has 0 aromatic carbocycles. The van der Waals surface area contributed by atoms with Crippen LogP contribution >= 0.6 is 0 Å². The summed E-state index contributed by atoms with van der Waals surface area (Å²) in [5.74, 6) is 0. The first kappa shape index (κ1) is 14.2. The second-order valence-corrected chi connectivity index (χ2v) is 2.52. The molecule has 0 aromatic rings. The molecule has 2 N–H and O–H groups in total. The first-order valence-corrected chi connectivity index (χ1v) is 5.05. The molecule has 1 fully saturated rings. The SMILES string of the molecule is C1CCCCC1.CC.NCC=O.[HH]. The predicted molar refractivity (Wildman–Crippen MR) is 56.3 cm³/mol. The van der Waals surface area contributed by atoms with Gasteiger partial charge in [-0.2, -0.15) is 0 Å². The molecule has 1 aliphatic rings. The van der Waals surface area contributed by atoms with Crippen molar-refractivity contribution in [1.82, 2.24) is 0 Å². The fourth-order valence-corrected chi connectivity index (χ4v) is 1.06. The highest BCUT2D eigenvalue weighted by Crippen LogP contribution is 2.15. The third-order valence-electron chi connectivity index (χ3n) is 1.60. The van der Waals surface area contributed by atoms with Gasteiger partial charge in [0.15, 0.2) is 0 Å². The Bertz CT molecular complexity index is 63.8. The van der Waals surface area contributed by atoms with E-state index in [0.29, 0.717) is 6.29 Å². The van der Waals surface area contributed by atoms with Gasteiger partial charge in [0.05, 0.1) is 0 Å². The minimum Gasteiger partial charge on any atom is -0.324 e. The van der Waals surface area contributed by atoms with E-state index in [1.165, 1.54) is 38.5 Å². The van der Waals surface area contributed by atoms with Crippen molar-refractivity contribution >= 4 is 6.29 Å². The molecular weight excluding hydrogens is 150 g/mol. The molecule has 2 nitrogen and oxygen atoms in total. The molecule has 0 unspecified atom stereocenters. The van der Waals surface area contributed by atoms with Crippen molar-refractivity contribution in [2.24, 2.45) is 5.73 Å². The molecule has 76 valence electrons. The Labute approximate surface area is 78.0 Å². The first-order chi connectivity index (χ1) is 5.91. The third kappa shape index (κ3) is 16.3. The molecule has 12 heavy (non-hydrogen) atoms. The number of carbonyl (C=O) groups is 1. The Hall–Kier alpha value is -0.370. The van der Waals surface area contributed by atoms with Gasteiger partial charge in [0, 0.05) is 7.97 Å². The summed E-state index contributed by atoms with van der Waals surface area (Å²) in [5.41, 5.74) is 4.66. The van der Waals surface area contributed by atoms with Crippen molar-refractivity contribution in [3.05, 3.63) is 0 Å². The summed E-state index contributed by atoms with van der Waals surface area (Å²) in [7, 11) is 0. The van der Waals surface area contributed by atoms with Crippen LogP contribution in [-0.4, -0.2) is 12.8 Å². The summed E-state index contributed by atoms with van der Waals surface area (Å²) in [6.45, 7) is 4.14. The van der Waals surface area contributed by atoms with Crippen molar-refractivity contribution in [3.63, 3.8) is 0 Å². The Balaban J connectivity index is -0.000000128. The third-order valence-corrected chi connectivity index (χ3v) is 1.60. The van der Waals surface area contributed by atoms with Crippen LogP contribution in [-0.2, 0) is 4.79 Å². The highest BCUT2D eigenvalue weighted by Gasteiger charge is 1.95. The molecular formula is C10H25NO. The van der Waals surface area contributed by atoms with E-state index in [4.69, 9.17) is 4.79 Å². The number of aldehydes is 1. The molecule has 0 saturated heterocycles. The van der Waals surface area contributed by atoms with E-state index >= 15 is 0 Å². The maximum atomic E-state index is 9.05. The lowest BCUT2D eigenvalue weighted by molar-refractivity contribution is -0.106. The van der Waals surface area contributed by atoms with Crippen LogP contribution in [0.1, 0.15) is 53.8 Å². The largest absolute Gasteiger partial charge is 0.324 e. The van der Waals surface area contributed by atoms with Crippen LogP contribution in [0.3, 0.4) is 0 Å². The summed E-state index contributed by atoms with van der Waals surface area (Å²) in [6.07, 6.45) is 9.65. The zero-order chi connectivity index (χ0) is 9.66. The fourth-order valence-electron chi connectivity index (χ4n) is 1.06.